The Balaban J connectivity index is 1.30. The smallest absolute Gasteiger partial charge is 0.0540 e. The molecule has 292 valence electrons. The fourth-order valence-corrected chi connectivity index (χ4v) is 9.08. The summed E-state index contributed by atoms with van der Waals surface area (Å²) in [4.78, 5) is 2.54. The number of para-hydroxylation sites is 2. The second kappa shape index (κ2) is 15.9. The van der Waals surface area contributed by atoms with Gasteiger partial charge in [-0.15, -0.1) is 0 Å². The zero-order valence-corrected chi connectivity index (χ0v) is 34.9. The van der Waals surface area contributed by atoms with Crippen molar-refractivity contribution >= 4 is 38.6 Å². The third-order valence-corrected chi connectivity index (χ3v) is 12.0. The number of anilines is 3. The van der Waals surface area contributed by atoms with Crippen molar-refractivity contribution in [3.8, 4) is 55.6 Å². The molecule has 0 N–H and O–H groups in total. The summed E-state index contributed by atoms with van der Waals surface area (Å²) >= 11 is 0. The van der Waals surface area contributed by atoms with Crippen molar-refractivity contribution in [3.63, 3.8) is 0 Å². The van der Waals surface area contributed by atoms with Gasteiger partial charge in [0.05, 0.1) is 17.1 Å². The molecule has 0 aliphatic rings. The maximum absolute atomic E-state index is 2.54. The molecule has 61 heavy (non-hydrogen) atoms. The predicted molar refractivity (Wildman–Crippen MR) is 262 cm³/mol. The van der Waals surface area contributed by atoms with Gasteiger partial charge in [-0.1, -0.05) is 227 Å². The first kappa shape index (κ1) is 37.8. The van der Waals surface area contributed by atoms with Gasteiger partial charge in [-0.2, -0.15) is 0 Å². The van der Waals surface area contributed by atoms with E-state index in [1.54, 1.807) is 0 Å². The highest BCUT2D eigenvalue weighted by molar-refractivity contribution is 6.12. The molecule has 10 aromatic carbocycles. The van der Waals surface area contributed by atoms with Gasteiger partial charge in [-0.05, 0) is 95.7 Å². The van der Waals surface area contributed by atoms with E-state index in [9.17, 15) is 0 Å². The molecule has 0 radical (unpaired) electrons. The standard InChI is InChI=1S/C60H47N/c1-60(2,3)47-39-40-57(54(41-47)44-25-11-6-12-26-44)61(55-37-15-13-31-50(55)52-35-19-29-45-27-17-33-48(58(45)52)42-21-7-4-8-22-42)56-38-16-14-32-51(56)53-36-20-30-46-28-18-34-49(59(46)53)43-23-9-5-10-24-43/h4-41H,1-3H3. The number of hydrogen-bond acceptors (Lipinski definition) is 1. The number of benzene rings is 10. The normalized spacial score (nSPS) is 11.5. The fourth-order valence-electron chi connectivity index (χ4n) is 9.08. The van der Waals surface area contributed by atoms with Crippen molar-refractivity contribution in [2.75, 3.05) is 4.90 Å². The molecule has 0 atom stereocenters. The highest BCUT2D eigenvalue weighted by atomic mass is 15.1. The number of nitrogens with zero attached hydrogens (tertiary/aromatic N) is 1. The van der Waals surface area contributed by atoms with Crippen molar-refractivity contribution in [2.24, 2.45) is 0 Å². The first-order valence-corrected chi connectivity index (χ1v) is 21.3. The Kier molecular flexibility index (Phi) is 9.87. The van der Waals surface area contributed by atoms with Crippen LogP contribution in [0.2, 0.25) is 0 Å². The summed E-state index contributed by atoms with van der Waals surface area (Å²) in [7, 11) is 0. The number of rotatable bonds is 8. The Morgan fingerprint density at radius 2 is 0.623 bits per heavy atom. The van der Waals surface area contributed by atoms with Crippen LogP contribution in [0.1, 0.15) is 26.3 Å². The van der Waals surface area contributed by atoms with E-state index in [0.717, 1.165) is 28.2 Å². The van der Waals surface area contributed by atoms with E-state index < -0.39 is 0 Å². The van der Waals surface area contributed by atoms with Crippen LogP contribution < -0.4 is 4.90 Å². The van der Waals surface area contributed by atoms with E-state index in [2.05, 4.69) is 256 Å². The van der Waals surface area contributed by atoms with Crippen molar-refractivity contribution in [1.29, 1.82) is 0 Å². The molecule has 0 heterocycles. The van der Waals surface area contributed by atoms with E-state index >= 15 is 0 Å². The minimum Gasteiger partial charge on any atom is -0.309 e. The van der Waals surface area contributed by atoms with Crippen LogP contribution in [-0.2, 0) is 5.41 Å². The van der Waals surface area contributed by atoms with Gasteiger partial charge in [0.2, 0.25) is 0 Å². The van der Waals surface area contributed by atoms with Gasteiger partial charge >= 0.3 is 0 Å². The van der Waals surface area contributed by atoms with Gasteiger partial charge < -0.3 is 4.90 Å². The molecule has 0 bridgehead atoms. The minimum absolute atomic E-state index is 0.0453. The molecular weight excluding hydrogens is 735 g/mol. The largest absolute Gasteiger partial charge is 0.309 e. The number of hydrogen-bond donors (Lipinski definition) is 0. The summed E-state index contributed by atoms with van der Waals surface area (Å²) in [5, 5.41) is 4.91. The first-order valence-electron chi connectivity index (χ1n) is 21.3. The lowest BCUT2D eigenvalue weighted by atomic mass is 9.84. The van der Waals surface area contributed by atoms with Crippen LogP contribution in [0.5, 0.6) is 0 Å². The maximum atomic E-state index is 2.54. The molecule has 1 heteroatoms. The predicted octanol–water partition coefficient (Wildman–Crippen LogP) is 17.1. The van der Waals surface area contributed by atoms with Crippen molar-refractivity contribution in [1.82, 2.24) is 0 Å². The maximum Gasteiger partial charge on any atom is 0.0540 e. The van der Waals surface area contributed by atoms with Crippen molar-refractivity contribution in [3.05, 3.63) is 236 Å². The summed E-state index contributed by atoms with van der Waals surface area (Å²) < 4.78 is 0. The van der Waals surface area contributed by atoms with Gasteiger partial charge in [-0.3, -0.25) is 0 Å². The van der Waals surface area contributed by atoms with Crippen LogP contribution in [0.15, 0.2) is 231 Å². The summed E-state index contributed by atoms with van der Waals surface area (Å²) in [5.74, 6) is 0. The highest BCUT2D eigenvalue weighted by Gasteiger charge is 2.26. The molecule has 0 aliphatic heterocycles. The molecule has 0 aromatic heterocycles. The number of fused-ring (bicyclic) bond motifs is 2. The van der Waals surface area contributed by atoms with E-state index in [1.165, 1.54) is 71.6 Å². The Hall–Kier alpha value is -7.48. The van der Waals surface area contributed by atoms with E-state index in [-0.39, 0.29) is 5.41 Å². The Bertz CT molecular complexity index is 2980. The van der Waals surface area contributed by atoms with Crippen LogP contribution in [-0.4, -0.2) is 0 Å². The summed E-state index contributed by atoms with van der Waals surface area (Å²) in [5.41, 5.74) is 16.5. The topological polar surface area (TPSA) is 3.24 Å². The SMILES string of the molecule is CC(C)(C)c1ccc(N(c2ccccc2-c2cccc3cccc(-c4ccccc4)c23)c2ccccc2-c2cccc3cccc(-c4ccccc4)c23)c(-c2ccccc2)c1. The first-order chi connectivity index (χ1) is 29.9. The Morgan fingerprint density at radius 3 is 1.05 bits per heavy atom. The quantitative estimate of drug-likeness (QED) is 0.148. The zero-order valence-electron chi connectivity index (χ0n) is 34.9. The summed E-state index contributed by atoms with van der Waals surface area (Å²) in [6.07, 6.45) is 0. The van der Waals surface area contributed by atoms with E-state index in [4.69, 9.17) is 0 Å². The molecular formula is C60H47N. The van der Waals surface area contributed by atoms with Crippen molar-refractivity contribution < 1.29 is 0 Å². The Labute approximate surface area is 359 Å². The van der Waals surface area contributed by atoms with Crippen LogP contribution in [0.25, 0.3) is 77.2 Å². The summed E-state index contributed by atoms with van der Waals surface area (Å²) in [6.45, 7) is 6.90. The minimum atomic E-state index is -0.0453. The molecule has 0 fully saturated rings. The zero-order chi connectivity index (χ0) is 41.3. The molecule has 0 saturated carbocycles. The van der Waals surface area contributed by atoms with Crippen LogP contribution in [0.4, 0.5) is 17.1 Å². The molecule has 0 saturated heterocycles. The van der Waals surface area contributed by atoms with Crippen LogP contribution >= 0.6 is 0 Å². The van der Waals surface area contributed by atoms with E-state index in [1.807, 2.05) is 0 Å². The van der Waals surface area contributed by atoms with Gasteiger partial charge in [-0.25, -0.2) is 0 Å². The molecule has 10 aromatic rings. The molecule has 0 spiro atoms. The average Bonchev–Trinajstić information content (AvgIpc) is 3.32. The van der Waals surface area contributed by atoms with Gasteiger partial charge in [0.1, 0.15) is 0 Å². The lowest BCUT2D eigenvalue weighted by molar-refractivity contribution is 0.590. The molecule has 0 amide bonds. The van der Waals surface area contributed by atoms with Crippen LogP contribution in [0.3, 0.4) is 0 Å². The average molecular weight is 782 g/mol. The second-order valence-electron chi connectivity index (χ2n) is 16.9. The second-order valence-corrected chi connectivity index (χ2v) is 16.9. The van der Waals surface area contributed by atoms with Crippen LogP contribution in [0, 0.1) is 0 Å². The molecule has 0 unspecified atom stereocenters. The molecule has 1 nitrogen and oxygen atoms in total. The van der Waals surface area contributed by atoms with Gasteiger partial charge in [0, 0.05) is 16.7 Å². The lowest BCUT2D eigenvalue weighted by Crippen LogP contribution is -2.16. The van der Waals surface area contributed by atoms with Gasteiger partial charge in [0.25, 0.3) is 0 Å². The lowest BCUT2D eigenvalue weighted by Gasteiger charge is -2.33. The highest BCUT2D eigenvalue weighted by Crippen LogP contribution is 2.51. The molecule has 0 aliphatic carbocycles. The third-order valence-electron chi connectivity index (χ3n) is 12.0. The van der Waals surface area contributed by atoms with Crippen molar-refractivity contribution in [2.45, 2.75) is 26.2 Å². The summed E-state index contributed by atoms with van der Waals surface area (Å²) in [6, 6.07) is 84.4. The van der Waals surface area contributed by atoms with Gasteiger partial charge in [0.15, 0.2) is 0 Å². The monoisotopic (exact) mass is 781 g/mol. The molecule has 10 rings (SSSR count). The van der Waals surface area contributed by atoms with E-state index in [0.29, 0.717) is 0 Å². The Morgan fingerprint density at radius 1 is 0.279 bits per heavy atom. The fraction of sp³-hybridized carbons (Fsp3) is 0.0667. The third kappa shape index (κ3) is 7.09.